The lowest BCUT2D eigenvalue weighted by Crippen LogP contribution is -2.33. The first-order valence-corrected chi connectivity index (χ1v) is 7.73. The van der Waals surface area contributed by atoms with E-state index in [-0.39, 0.29) is 6.04 Å². The van der Waals surface area contributed by atoms with Gasteiger partial charge >= 0.3 is 0 Å². The minimum Gasteiger partial charge on any atom is -0.363 e. The Hall–Kier alpha value is -0.850. The summed E-state index contributed by atoms with van der Waals surface area (Å²) < 4.78 is 26.6. The zero-order chi connectivity index (χ0) is 13.3. The molecule has 5 nitrogen and oxygen atoms in total. The highest BCUT2D eigenvalue weighted by molar-refractivity contribution is 7.89. The van der Waals surface area contributed by atoms with Crippen LogP contribution in [0.3, 0.4) is 0 Å². The maximum Gasteiger partial charge on any atom is 0.244 e. The molecular formula is C12H21N3O2S. The summed E-state index contributed by atoms with van der Waals surface area (Å²) in [6, 6.07) is 1.80. The van der Waals surface area contributed by atoms with E-state index in [1.807, 2.05) is 14.0 Å². The van der Waals surface area contributed by atoms with Gasteiger partial charge in [-0.25, -0.2) is 8.42 Å². The largest absolute Gasteiger partial charge is 0.363 e. The number of hydrogen-bond donors (Lipinski definition) is 2. The van der Waals surface area contributed by atoms with E-state index in [1.165, 1.54) is 0 Å². The summed E-state index contributed by atoms with van der Waals surface area (Å²) in [5.74, 6) is 0.436. The number of hydrogen-bond acceptors (Lipinski definition) is 3. The molecule has 0 radical (unpaired) electrons. The van der Waals surface area contributed by atoms with Crippen LogP contribution in [-0.4, -0.2) is 37.3 Å². The van der Waals surface area contributed by atoms with E-state index in [2.05, 4.69) is 17.2 Å². The molecule has 2 rings (SSSR count). The smallest absolute Gasteiger partial charge is 0.244 e. The molecule has 2 unspecified atom stereocenters. The van der Waals surface area contributed by atoms with Gasteiger partial charge in [-0.2, -0.15) is 4.31 Å². The third-order valence-electron chi connectivity index (χ3n) is 3.42. The molecule has 6 heteroatoms. The average molecular weight is 271 g/mol. The molecule has 1 aromatic rings. The Kier molecular flexibility index (Phi) is 3.79. The summed E-state index contributed by atoms with van der Waals surface area (Å²) in [6.07, 6.45) is 2.52. The third kappa shape index (κ3) is 2.46. The Balaban J connectivity index is 2.24. The van der Waals surface area contributed by atoms with Crippen LogP contribution < -0.4 is 5.32 Å². The summed E-state index contributed by atoms with van der Waals surface area (Å²) in [5, 5.41) is 2.99. The second-order valence-electron chi connectivity index (χ2n) is 5.16. The van der Waals surface area contributed by atoms with Gasteiger partial charge in [-0.1, -0.05) is 6.92 Å². The number of nitrogens with zero attached hydrogens (tertiary/aromatic N) is 1. The van der Waals surface area contributed by atoms with Crippen LogP contribution in [0.4, 0.5) is 0 Å². The first-order chi connectivity index (χ1) is 8.45. The van der Waals surface area contributed by atoms with Gasteiger partial charge in [0, 0.05) is 31.0 Å². The molecule has 1 aromatic heterocycles. The van der Waals surface area contributed by atoms with Crippen molar-refractivity contribution in [2.45, 2.75) is 37.8 Å². The van der Waals surface area contributed by atoms with Crippen molar-refractivity contribution < 1.29 is 8.42 Å². The lowest BCUT2D eigenvalue weighted by molar-refractivity contribution is 0.405. The Morgan fingerprint density at radius 2 is 2.22 bits per heavy atom. The van der Waals surface area contributed by atoms with Gasteiger partial charge in [0.1, 0.15) is 0 Å². The van der Waals surface area contributed by atoms with Gasteiger partial charge < -0.3 is 10.3 Å². The molecule has 0 bridgehead atoms. The zero-order valence-corrected chi connectivity index (χ0v) is 11.9. The van der Waals surface area contributed by atoms with Gasteiger partial charge in [-0.15, -0.1) is 0 Å². The van der Waals surface area contributed by atoms with Gasteiger partial charge in [-0.05, 0) is 32.4 Å². The predicted octanol–water partition coefficient (Wildman–Crippen LogP) is 1.15. The van der Waals surface area contributed by atoms with Crippen molar-refractivity contribution in [2.24, 2.45) is 5.92 Å². The molecule has 0 saturated carbocycles. The Labute approximate surface area is 109 Å². The van der Waals surface area contributed by atoms with Crippen molar-refractivity contribution in [2.75, 3.05) is 13.6 Å². The molecule has 18 heavy (non-hydrogen) atoms. The first-order valence-electron chi connectivity index (χ1n) is 6.29. The van der Waals surface area contributed by atoms with Crippen molar-refractivity contribution in [1.82, 2.24) is 14.6 Å². The van der Waals surface area contributed by atoms with Gasteiger partial charge in [-0.3, -0.25) is 0 Å². The Morgan fingerprint density at radius 1 is 1.50 bits per heavy atom. The number of rotatable bonds is 4. The van der Waals surface area contributed by atoms with E-state index in [9.17, 15) is 8.42 Å². The highest BCUT2D eigenvalue weighted by Crippen LogP contribution is 2.29. The topological polar surface area (TPSA) is 65.2 Å². The maximum absolute atomic E-state index is 12.5. The summed E-state index contributed by atoms with van der Waals surface area (Å²) in [7, 11) is -1.51. The van der Waals surface area contributed by atoms with Crippen LogP contribution in [0.1, 0.15) is 26.0 Å². The molecule has 102 valence electrons. The van der Waals surface area contributed by atoms with Gasteiger partial charge in [0.2, 0.25) is 10.0 Å². The van der Waals surface area contributed by atoms with E-state index >= 15 is 0 Å². The number of aromatic amines is 1. The van der Waals surface area contributed by atoms with Crippen LogP contribution in [0.5, 0.6) is 0 Å². The molecule has 1 aliphatic rings. The highest BCUT2D eigenvalue weighted by Gasteiger charge is 2.36. The molecule has 2 atom stereocenters. The second kappa shape index (κ2) is 5.03. The van der Waals surface area contributed by atoms with Gasteiger partial charge in [0.15, 0.2) is 0 Å². The molecule has 0 spiro atoms. The molecule has 2 heterocycles. The molecule has 0 amide bonds. The summed E-state index contributed by atoms with van der Waals surface area (Å²) in [4.78, 5) is 3.36. The van der Waals surface area contributed by atoms with E-state index in [1.54, 1.807) is 16.6 Å². The highest BCUT2D eigenvalue weighted by atomic mass is 32.2. The van der Waals surface area contributed by atoms with E-state index < -0.39 is 10.0 Å². The number of nitrogens with one attached hydrogen (secondary N) is 2. The van der Waals surface area contributed by atoms with Crippen molar-refractivity contribution in [1.29, 1.82) is 0 Å². The van der Waals surface area contributed by atoms with E-state index in [4.69, 9.17) is 0 Å². The average Bonchev–Trinajstić information content (AvgIpc) is 2.86. The summed E-state index contributed by atoms with van der Waals surface area (Å²) in [6.45, 7) is 5.33. The van der Waals surface area contributed by atoms with E-state index in [0.717, 1.165) is 12.1 Å². The lowest BCUT2D eigenvalue weighted by Gasteiger charge is -2.19. The standard InChI is InChI=1S/C12H21N3O2S/c1-9-4-10(2)15(8-9)18(16,17)12-5-11(6-13-3)14-7-12/h5,7,9-10,13-14H,4,6,8H2,1-3H3. The minimum atomic E-state index is -3.34. The first kappa shape index (κ1) is 13.6. The molecule has 0 aromatic carbocycles. The number of H-pyrrole nitrogens is 1. The van der Waals surface area contributed by atoms with Crippen LogP contribution in [0, 0.1) is 5.92 Å². The van der Waals surface area contributed by atoms with Crippen LogP contribution in [0.15, 0.2) is 17.2 Å². The van der Waals surface area contributed by atoms with Gasteiger partial charge in [0.05, 0.1) is 4.90 Å². The maximum atomic E-state index is 12.5. The van der Waals surface area contributed by atoms with Crippen LogP contribution in [-0.2, 0) is 16.6 Å². The molecule has 1 saturated heterocycles. The summed E-state index contributed by atoms with van der Waals surface area (Å²) in [5.41, 5.74) is 0.885. The fraction of sp³-hybridized carbons (Fsp3) is 0.667. The fourth-order valence-electron chi connectivity index (χ4n) is 2.59. The SMILES string of the molecule is CNCc1cc(S(=O)(=O)N2CC(C)CC2C)c[nH]1. The normalized spacial score (nSPS) is 25.7. The minimum absolute atomic E-state index is 0.0904. The lowest BCUT2D eigenvalue weighted by atomic mass is 10.1. The van der Waals surface area contributed by atoms with Crippen LogP contribution >= 0.6 is 0 Å². The van der Waals surface area contributed by atoms with Crippen molar-refractivity contribution in [3.05, 3.63) is 18.0 Å². The van der Waals surface area contributed by atoms with Crippen molar-refractivity contribution in [3.63, 3.8) is 0 Å². The Bertz CT molecular complexity index is 509. The summed E-state index contributed by atoms with van der Waals surface area (Å²) >= 11 is 0. The quantitative estimate of drug-likeness (QED) is 0.863. The van der Waals surface area contributed by atoms with E-state index in [0.29, 0.717) is 23.9 Å². The van der Waals surface area contributed by atoms with Crippen LogP contribution in [0.25, 0.3) is 0 Å². The van der Waals surface area contributed by atoms with Gasteiger partial charge in [0.25, 0.3) is 0 Å². The molecule has 1 fully saturated rings. The third-order valence-corrected chi connectivity index (χ3v) is 5.37. The van der Waals surface area contributed by atoms with Crippen molar-refractivity contribution >= 4 is 10.0 Å². The predicted molar refractivity (Wildman–Crippen MR) is 70.7 cm³/mol. The fourth-order valence-corrected chi connectivity index (χ4v) is 4.37. The zero-order valence-electron chi connectivity index (χ0n) is 11.1. The number of aromatic nitrogens is 1. The van der Waals surface area contributed by atoms with Crippen LogP contribution in [0.2, 0.25) is 0 Å². The molecular weight excluding hydrogens is 250 g/mol. The number of sulfonamides is 1. The molecule has 1 aliphatic heterocycles. The van der Waals surface area contributed by atoms with Crippen molar-refractivity contribution in [3.8, 4) is 0 Å². The molecule has 2 N–H and O–H groups in total. The Morgan fingerprint density at radius 3 is 2.78 bits per heavy atom. The molecule has 0 aliphatic carbocycles. The second-order valence-corrected chi connectivity index (χ2v) is 7.05. The monoisotopic (exact) mass is 271 g/mol.